The first kappa shape index (κ1) is 19.0. The highest BCUT2D eigenvalue weighted by Gasteiger charge is 2.22. The number of rotatable bonds is 6. The molecule has 0 unspecified atom stereocenters. The summed E-state index contributed by atoms with van der Waals surface area (Å²) in [6.07, 6.45) is 3.84. The predicted octanol–water partition coefficient (Wildman–Crippen LogP) is 2.91. The van der Waals surface area contributed by atoms with Crippen molar-refractivity contribution in [1.82, 2.24) is 4.90 Å². The van der Waals surface area contributed by atoms with Crippen molar-refractivity contribution in [3.05, 3.63) is 51.7 Å². The monoisotopic (exact) mass is 387 g/mol. The zero-order valence-corrected chi connectivity index (χ0v) is 16.1. The number of hydrogen-bond acceptors (Lipinski definition) is 6. The Kier molecular flexibility index (Phi) is 6.13. The molecule has 27 heavy (non-hydrogen) atoms. The summed E-state index contributed by atoms with van der Waals surface area (Å²) in [5.41, 5.74) is 1.98. The van der Waals surface area contributed by atoms with E-state index in [1.54, 1.807) is 35.6 Å². The summed E-state index contributed by atoms with van der Waals surface area (Å²) in [4.78, 5) is 26.8. The Balaban J connectivity index is 1.61. The van der Waals surface area contributed by atoms with Crippen LogP contribution in [0.2, 0.25) is 0 Å². The number of fused-ring (bicyclic) bond motifs is 1. The molecule has 0 bridgehead atoms. The second-order valence-electron chi connectivity index (χ2n) is 5.99. The molecule has 1 aromatic heterocycles. The van der Waals surface area contributed by atoms with Gasteiger partial charge in [-0.3, -0.25) is 4.79 Å². The van der Waals surface area contributed by atoms with E-state index in [0.717, 1.165) is 12.0 Å². The van der Waals surface area contributed by atoms with Gasteiger partial charge in [-0.15, -0.1) is 11.3 Å². The van der Waals surface area contributed by atoms with Gasteiger partial charge in [0.1, 0.15) is 0 Å². The standard InChI is InChI=1S/C20H21NO5S/c1-24-17-11-14(4-6-20(23)25-2)3-5-16(17)26-13-19(22)21-9-7-18-15(12-21)8-10-27-18/h3-6,8,10-11H,7,9,12-13H2,1-2H3/b6-4+. The van der Waals surface area contributed by atoms with E-state index in [-0.39, 0.29) is 12.5 Å². The third-order valence-electron chi connectivity index (χ3n) is 4.31. The van der Waals surface area contributed by atoms with E-state index in [4.69, 9.17) is 9.47 Å². The summed E-state index contributed by atoms with van der Waals surface area (Å²) in [5, 5.41) is 2.07. The van der Waals surface area contributed by atoms with Crippen molar-refractivity contribution in [2.45, 2.75) is 13.0 Å². The molecule has 3 rings (SSSR count). The molecule has 6 nitrogen and oxygen atoms in total. The minimum absolute atomic E-state index is 0.0484. The van der Waals surface area contributed by atoms with Crippen molar-refractivity contribution in [3.63, 3.8) is 0 Å². The molecule has 0 aliphatic carbocycles. The van der Waals surface area contributed by atoms with E-state index in [1.165, 1.54) is 30.7 Å². The summed E-state index contributed by atoms with van der Waals surface area (Å²) < 4.78 is 15.6. The zero-order chi connectivity index (χ0) is 19.2. The largest absolute Gasteiger partial charge is 0.493 e. The van der Waals surface area contributed by atoms with Crippen LogP contribution in [-0.2, 0) is 27.3 Å². The van der Waals surface area contributed by atoms with Crippen molar-refractivity contribution < 1.29 is 23.8 Å². The van der Waals surface area contributed by atoms with Crippen molar-refractivity contribution in [3.8, 4) is 11.5 Å². The molecule has 0 spiro atoms. The van der Waals surface area contributed by atoms with Gasteiger partial charge in [0.25, 0.3) is 5.91 Å². The zero-order valence-electron chi connectivity index (χ0n) is 15.3. The molecule has 0 radical (unpaired) electrons. The lowest BCUT2D eigenvalue weighted by molar-refractivity contribution is -0.135. The number of esters is 1. The molecular weight excluding hydrogens is 366 g/mol. The van der Waals surface area contributed by atoms with Crippen LogP contribution >= 0.6 is 11.3 Å². The molecule has 1 aromatic carbocycles. The second kappa shape index (κ2) is 8.73. The third-order valence-corrected chi connectivity index (χ3v) is 5.34. The highest BCUT2D eigenvalue weighted by atomic mass is 32.1. The number of carbonyl (C=O) groups excluding carboxylic acids is 2. The maximum Gasteiger partial charge on any atom is 0.330 e. The Morgan fingerprint density at radius 1 is 1.22 bits per heavy atom. The molecule has 1 aliphatic heterocycles. The first-order valence-electron chi connectivity index (χ1n) is 8.50. The molecule has 2 aromatic rings. The maximum atomic E-state index is 12.5. The molecule has 1 aliphatic rings. The summed E-state index contributed by atoms with van der Waals surface area (Å²) >= 11 is 1.74. The quantitative estimate of drug-likeness (QED) is 0.563. The van der Waals surface area contributed by atoms with Gasteiger partial charge in [-0.05, 0) is 47.2 Å². The highest BCUT2D eigenvalue weighted by molar-refractivity contribution is 7.10. The molecule has 0 atom stereocenters. The first-order chi connectivity index (χ1) is 13.1. The van der Waals surface area contributed by atoms with E-state index in [1.807, 2.05) is 4.90 Å². The summed E-state index contributed by atoms with van der Waals surface area (Å²) in [7, 11) is 2.85. The van der Waals surface area contributed by atoms with Crippen molar-refractivity contribution >= 4 is 29.3 Å². The van der Waals surface area contributed by atoms with E-state index in [0.29, 0.717) is 24.6 Å². The van der Waals surface area contributed by atoms with Gasteiger partial charge < -0.3 is 19.1 Å². The van der Waals surface area contributed by atoms with Gasteiger partial charge in [-0.1, -0.05) is 6.07 Å². The van der Waals surface area contributed by atoms with Crippen LogP contribution in [0.4, 0.5) is 0 Å². The lowest BCUT2D eigenvalue weighted by Crippen LogP contribution is -2.38. The number of amides is 1. The van der Waals surface area contributed by atoms with Crippen LogP contribution in [0.15, 0.2) is 35.7 Å². The SMILES string of the molecule is COC(=O)/C=C/c1ccc(OCC(=O)N2CCc3sccc3C2)c(OC)c1. The molecular formula is C20H21NO5S. The summed E-state index contributed by atoms with van der Waals surface area (Å²) in [6.45, 7) is 1.30. The number of ether oxygens (including phenoxy) is 3. The molecule has 0 saturated heterocycles. The highest BCUT2D eigenvalue weighted by Crippen LogP contribution is 2.29. The first-order valence-corrected chi connectivity index (χ1v) is 9.38. The average molecular weight is 387 g/mol. The summed E-state index contributed by atoms with van der Waals surface area (Å²) in [5.74, 6) is 0.488. The number of benzene rings is 1. The van der Waals surface area contributed by atoms with E-state index < -0.39 is 5.97 Å². The molecule has 0 saturated carbocycles. The van der Waals surface area contributed by atoms with Gasteiger partial charge in [-0.2, -0.15) is 0 Å². The fourth-order valence-electron chi connectivity index (χ4n) is 2.83. The van der Waals surface area contributed by atoms with Gasteiger partial charge >= 0.3 is 5.97 Å². The van der Waals surface area contributed by atoms with Crippen molar-refractivity contribution in [1.29, 1.82) is 0 Å². The molecule has 1 amide bonds. The maximum absolute atomic E-state index is 12.5. The molecule has 2 heterocycles. The number of hydrogen-bond donors (Lipinski definition) is 0. The van der Waals surface area contributed by atoms with Gasteiger partial charge in [-0.25, -0.2) is 4.79 Å². The van der Waals surface area contributed by atoms with Crippen LogP contribution in [0.25, 0.3) is 6.08 Å². The van der Waals surface area contributed by atoms with Crippen molar-refractivity contribution in [2.24, 2.45) is 0 Å². The van der Waals surface area contributed by atoms with Gasteiger partial charge in [0.15, 0.2) is 18.1 Å². The molecule has 0 fully saturated rings. The van der Waals surface area contributed by atoms with Crippen LogP contribution in [-0.4, -0.2) is 44.1 Å². The normalized spacial score (nSPS) is 13.3. The minimum atomic E-state index is -0.435. The Bertz CT molecular complexity index is 858. The van der Waals surface area contributed by atoms with E-state index in [2.05, 4.69) is 16.2 Å². The number of methoxy groups -OCH3 is 2. The topological polar surface area (TPSA) is 65.1 Å². The van der Waals surface area contributed by atoms with Crippen molar-refractivity contribution in [2.75, 3.05) is 27.4 Å². The third kappa shape index (κ3) is 4.68. The Morgan fingerprint density at radius 2 is 2.07 bits per heavy atom. The van der Waals surface area contributed by atoms with Crippen LogP contribution in [0.5, 0.6) is 11.5 Å². The van der Waals surface area contributed by atoms with E-state index >= 15 is 0 Å². The molecule has 0 N–H and O–H groups in total. The lowest BCUT2D eigenvalue weighted by Gasteiger charge is -2.27. The molecule has 142 valence electrons. The van der Waals surface area contributed by atoms with Gasteiger partial charge in [0, 0.05) is 24.0 Å². The molecule has 7 heteroatoms. The number of nitrogens with zero attached hydrogens (tertiary/aromatic N) is 1. The Labute approximate surface area is 162 Å². The fourth-order valence-corrected chi connectivity index (χ4v) is 3.72. The Morgan fingerprint density at radius 3 is 2.85 bits per heavy atom. The van der Waals surface area contributed by atoms with Crippen LogP contribution in [0.1, 0.15) is 16.0 Å². The fraction of sp³-hybridized carbons (Fsp3) is 0.300. The lowest BCUT2D eigenvalue weighted by atomic mass is 10.1. The summed E-state index contributed by atoms with van der Waals surface area (Å²) in [6, 6.07) is 7.30. The second-order valence-corrected chi connectivity index (χ2v) is 6.99. The van der Waals surface area contributed by atoms with E-state index in [9.17, 15) is 9.59 Å². The Hall–Kier alpha value is -2.80. The van der Waals surface area contributed by atoms with Gasteiger partial charge in [0.2, 0.25) is 0 Å². The van der Waals surface area contributed by atoms with Crippen LogP contribution in [0, 0.1) is 0 Å². The average Bonchev–Trinajstić information content (AvgIpc) is 3.18. The van der Waals surface area contributed by atoms with Crippen LogP contribution < -0.4 is 9.47 Å². The smallest absolute Gasteiger partial charge is 0.330 e. The predicted molar refractivity (Wildman–Crippen MR) is 103 cm³/mol. The van der Waals surface area contributed by atoms with Crippen LogP contribution in [0.3, 0.4) is 0 Å². The van der Waals surface area contributed by atoms with Gasteiger partial charge in [0.05, 0.1) is 14.2 Å². The number of thiophene rings is 1. The number of carbonyl (C=O) groups is 2. The minimum Gasteiger partial charge on any atom is -0.493 e.